The number of nitrogens with one attached hydrogen (secondary N) is 1. The van der Waals surface area contributed by atoms with Crippen molar-refractivity contribution in [1.29, 1.82) is 0 Å². The summed E-state index contributed by atoms with van der Waals surface area (Å²) in [4.78, 5) is 22.6. The van der Waals surface area contributed by atoms with Gasteiger partial charge in [0.2, 0.25) is 5.91 Å². The summed E-state index contributed by atoms with van der Waals surface area (Å²) in [5, 5.41) is 11.5. The molecular formula is C15H17F2NO3. The van der Waals surface area contributed by atoms with Crippen LogP contribution in [0.4, 0.5) is 8.78 Å². The number of carbonyl (C=O) groups is 2. The summed E-state index contributed by atoms with van der Waals surface area (Å²) in [6, 6.07) is 3.07. The molecule has 1 aliphatic rings. The second kappa shape index (κ2) is 6.20. The minimum absolute atomic E-state index is 0.0260. The standard InChI is InChI=1S/C15H17F2NO3/c16-11-3-2-10(12(17)7-11)6-13(19)18-9-15(4-1-5-15)8-14(20)21/h2-3,7H,1,4-6,8-9H2,(H,18,19)(H,20,21). The molecule has 4 nitrogen and oxygen atoms in total. The largest absolute Gasteiger partial charge is 0.481 e. The van der Waals surface area contributed by atoms with Crippen molar-refractivity contribution < 1.29 is 23.5 Å². The van der Waals surface area contributed by atoms with E-state index in [1.54, 1.807) is 0 Å². The number of amides is 1. The van der Waals surface area contributed by atoms with Crippen LogP contribution in [-0.4, -0.2) is 23.5 Å². The maximum atomic E-state index is 13.4. The number of benzene rings is 1. The van der Waals surface area contributed by atoms with Crippen molar-refractivity contribution in [3.05, 3.63) is 35.4 Å². The topological polar surface area (TPSA) is 66.4 Å². The van der Waals surface area contributed by atoms with Crippen LogP contribution < -0.4 is 5.32 Å². The lowest BCUT2D eigenvalue weighted by molar-refractivity contribution is -0.141. The fraction of sp³-hybridized carbons (Fsp3) is 0.467. The highest BCUT2D eigenvalue weighted by Crippen LogP contribution is 2.43. The zero-order chi connectivity index (χ0) is 15.5. The molecule has 1 fully saturated rings. The molecule has 114 valence electrons. The van der Waals surface area contributed by atoms with Crippen LogP contribution in [0.25, 0.3) is 0 Å². The molecule has 0 aromatic heterocycles. The van der Waals surface area contributed by atoms with E-state index >= 15 is 0 Å². The van der Waals surface area contributed by atoms with Gasteiger partial charge in [0.1, 0.15) is 11.6 Å². The molecule has 0 saturated heterocycles. The van der Waals surface area contributed by atoms with Crippen LogP contribution >= 0.6 is 0 Å². The zero-order valence-electron chi connectivity index (χ0n) is 11.5. The number of aliphatic carboxylic acids is 1. The Morgan fingerprint density at radius 3 is 2.52 bits per heavy atom. The first-order valence-corrected chi connectivity index (χ1v) is 6.83. The first-order chi connectivity index (χ1) is 9.90. The van der Waals surface area contributed by atoms with E-state index in [0.29, 0.717) is 0 Å². The minimum Gasteiger partial charge on any atom is -0.481 e. The molecule has 1 aromatic rings. The fourth-order valence-corrected chi connectivity index (χ4v) is 2.60. The summed E-state index contributed by atoms with van der Waals surface area (Å²) >= 11 is 0. The van der Waals surface area contributed by atoms with E-state index < -0.39 is 23.5 Å². The third kappa shape index (κ3) is 4.00. The van der Waals surface area contributed by atoms with Gasteiger partial charge in [-0.05, 0) is 29.9 Å². The molecule has 0 atom stereocenters. The number of rotatable bonds is 6. The number of hydrogen-bond acceptors (Lipinski definition) is 2. The van der Waals surface area contributed by atoms with E-state index in [1.165, 1.54) is 6.07 Å². The Kier molecular flexibility index (Phi) is 4.55. The van der Waals surface area contributed by atoms with Gasteiger partial charge in [-0.2, -0.15) is 0 Å². The van der Waals surface area contributed by atoms with Crippen LogP contribution in [-0.2, 0) is 16.0 Å². The summed E-state index contributed by atoms with van der Waals surface area (Å²) < 4.78 is 26.2. The predicted molar refractivity (Wildman–Crippen MR) is 71.6 cm³/mol. The van der Waals surface area contributed by atoms with Gasteiger partial charge in [0.05, 0.1) is 12.8 Å². The highest BCUT2D eigenvalue weighted by molar-refractivity contribution is 5.78. The zero-order valence-corrected chi connectivity index (χ0v) is 11.5. The van der Waals surface area contributed by atoms with Gasteiger partial charge in [-0.15, -0.1) is 0 Å². The Hall–Kier alpha value is -1.98. The van der Waals surface area contributed by atoms with Crippen molar-refractivity contribution in [2.45, 2.75) is 32.1 Å². The van der Waals surface area contributed by atoms with Crippen molar-refractivity contribution in [3.8, 4) is 0 Å². The van der Waals surface area contributed by atoms with E-state index in [9.17, 15) is 18.4 Å². The maximum Gasteiger partial charge on any atom is 0.303 e. The second-order valence-electron chi connectivity index (χ2n) is 5.61. The van der Waals surface area contributed by atoms with Gasteiger partial charge in [0, 0.05) is 12.6 Å². The van der Waals surface area contributed by atoms with Crippen LogP contribution in [0.5, 0.6) is 0 Å². The summed E-state index contributed by atoms with van der Waals surface area (Å²) in [5.41, 5.74) is -0.252. The van der Waals surface area contributed by atoms with Gasteiger partial charge < -0.3 is 10.4 Å². The Morgan fingerprint density at radius 1 is 1.29 bits per heavy atom. The molecule has 0 radical (unpaired) electrons. The first-order valence-electron chi connectivity index (χ1n) is 6.83. The van der Waals surface area contributed by atoms with Crippen molar-refractivity contribution in [1.82, 2.24) is 5.32 Å². The molecule has 0 bridgehead atoms. The molecular weight excluding hydrogens is 280 g/mol. The molecule has 1 aliphatic carbocycles. The molecule has 1 amide bonds. The molecule has 1 saturated carbocycles. The Balaban J connectivity index is 1.88. The molecule has 0 spiro atoms. The smallest absolute Gasteiger partial charge is 0.303 e. The molecule has 1 aromatic carbocycles. The Labute approximate surface area is 121 Å². The number of halogens is 2. The van der Waals surface area contributed by atoms with Crippen molar-refractivity contribution in [3.63, 3.8) is 0 Å². The lowest BCUT2D eigenvalue weighted by Gasteiger charge is -2.40. The van der Waals surface area contributed by atoms with Crippen LogP contribution in [0.15, 0.2) is 18.2 Å². The fourth-order valence-electron chi connectivity index (χ4n) is 2.60. The average molecular weight is 297 g/mol. The Morgan fingerprint density at radius 2 is 2.00 bits per heavy atom. The minimum atomic E-state index is -0.881. The number of carboxylic acid groups (broad SMARTS) is 1. The van der Waals surface area contributed by atoms with Crippen molar-refractivity contribution in [2.24, 2.45) is 5.41 Å². The van der Waals surface area contributed by atoms with Gasteiger partial charge in [0.15, 0.2) is 0 Å². The van der Waals surface area contributed by atoms with Crippen molar-refractivity contribution >= 4 is 11.9 Å². The third-order valence-electron chi connectivity index (χ3n) is 3.97. The molecule has 0 heterocycles. The van der Waals surface area contributed by atoms with E-state index in [1.807, 2.05) is 0 Å². The second-order valence-corrected chi connectivity index (χ2v) is 5.61. The third-order valence-corrected chi connectivity index (χ3v) is 3.97. The highest BCUT2D eigenvalue weighted by atomic mass is 19.1. The number of carboxylic acids is 1. The molecule has 0 aliphatic heterocycles. The summed E-state index contributed by atoms with van der Waals surface area (Å²) in [6.07, 6.45) is 2.33. The molecule has 0 unspecified atom stereocenters. The van der Waals surface area contributed by atoms with E-state index in [-0.39, 0.29) is 30.4 Å². The number of carbonyl (C=O) groups excluding carboxylic acids is 1. The van der Waals surface area contributed by atoms with E-state index in [2.05, 4.69) is 5.32 Å². The summed E-state index contributed by atoms with van der Waals surface area (Å²) in [5.74, 6) is -2.72. The van der Waals surface area contributed by atoms with Gasteiger partial charge >= 0.3 is 5.97 Å². The molecule has 6 heteroatoms. The van der Waals surface area contributed by atoms with Crippen LogP contribution in [0, 0.1) is 17.0 Å². The summed E-state index contributed by atoms with van der Waals surface area (Å²) in [6.45, 7) is 0.279. The molecule has 2 N–H and O–H groups in total. The van der Waals surface area contributed by atoms with Crippen LogP contribution in [0.2, 0.25) is 0 Å². The molecule has 21 heavy (non-hydrogen) atoms. The van der Waals surface area contributed by atoms with Crippen molar-refractivity contribution in [2.75, 3.05) is 6.54 Å². The molecule has 2 rings (SSSR count). The normalized spacial score (nSPS) is 16.1. The van der Waals surface area contributed by atoms with Gasteiger partial charge in [-0.3, -0.25) is 9.59 Å². The Bertz CT molecular complexity index is 556. The maximum absolute atomic E-state index is 13.4. The van der Waals surface area contributed by atoms with Gasteiger partial charge in [-0.25, -0.2) is 8.78 Å². The van der Waals surface area contributed by atoms with Crippen LogP contribution in [0.1, 0.15) is 31.2 Å². The predicted octanol–water partition coefficient (Wildman–Crippen LogP) is 2.27. The van der Waals surface area contributed by atoms with E-state index in [4.69, 9.17) is 5.11 Å². The lowest BCUT2D eigenvalue weighted by Crippen LogP contribution is -2.44. The quantitative estimate of drug-likeness (QED) is 0.846. The van der Waals surface area contributed by atoms with E-state index in [0.717, 1.165) is 31.4 Å². The SMILES string of the molecule is O=C(O)CC1(CNC(=O)Cc2ccc(F)cc2F)CCC1. The highest BCUT2D eigenvalue weighted by Gasteiger charge is 2.39. The number of hydrogen-bond donors (Lipinski definition) is 2. The van der Waals surface area contributed by atoms with Crippen LogP contribution in [0.3, 0.4) is 0 Å². The average Bonchev–Trinajstić information content (AvgIpc) is 2.35. The lowest BCUT2D eigenvalue weighted by atomic mass is 9.66. The summed E-state index contributed by atoms with van der Waals surface area (Å²) in [7, 11) is 0. The van der Waals surface area contributed by atoms with Gasteiger partial charge in [0.25, 0.3) is 0 Å². The monoisotopic (exact) mass is 297 g/mol. The first kappa shape index (κ1) is 15.4. The van der Waals surface area contributed by atoms with Gasteiger partial charge in [-0.1, -0.05) is 12.5 Å².